The molecule has 1 aromatic heterocycles. The van der Waals surface area contributed by atoms with E-state index in [0.717, 1.165) is 0 Å². The first-order valence-corrected chi connectivity index (χ1v) is 1.89. The first kappa shape index (κ1) is 11.4. The van der Waals surface area contributed by atoms with Crippen molar-refractivity contribution in [1.29, 1.82) is 0 Å². The van der Waals surface area contributed by atoms with Crippen LogP contribution in [0.3, 0.4) is 0 Å². The van der Waals surface area contributed by atoms with E-state index in [9.17, 15) is 0 Å². The summed E-state index contributed by atoms with van der Waals surface area (Å²) in [5, 5.41) is 8.54. The Balaban J connectivity index is 0. The summed E-state index contributed by atoms with van der Waals surface area (Å²) in [7, 11) is 0. The fraction of sp³-hybridized carbons (Fsp3) is 0. The molecule has 1 aromatic rings. The molecule has 48 valence electrons. The number of hydrogen-bond donors (Lipinski definition) is 1. The van der Waals surface area contributed by atoms with E-state index in [1.165, 1.54) is 18.5 Å². The van der Waals surface area contributed by atoms with Crippen molar-refractivity contribution in [3.05, 3.63) is 32.0 Å². The predicted molar refractivity (Wildman–Crippen MR) is 31.2 cm³/mol. The molecule has 0 atom stereocenters. The van der Waals surface area contributed by atoms with Gasteiger partial charge in [0.05, 0.1) is 0 Å². The molecule has 3 heteroatoms. The fourth-order valence-corrected chi connectivity index (χ4v) is 0.317. The van der Waals surface area contributed by atoms with Crippen molar-refractivity contribution >= 4 is 0 Å². The van der Waals surface area contributed by atoms with Crippen molar-refractivity contribution in [2.45, 2.75) is 0 Å². The van der Waals surface area contributed by atoms with Crippen molar-refractivity contribution in [1.82, 2.24) is 4.98 Å². The summed E-state index contributed by atoms with van der Waals surface area (Å²) in [6.07, 6.45) is 2.84. The van der Waals surface area contributed by atoms with Crippen LogP contribution in [0.4, 0.5) is 0 Å². The molecular formula is C6H7NOW. The zero-order valence-electron chi connectivity index (χ0n) is 5.03. The van der Waals surface area contributed by atoms with Crippen LogP contribution in [-0.4, -0.2) is 10.1 Å². The van der Waals surface area contributed by atoms with Crippen molar-refractivity contribution in [2.24, 2.45) is 0 Å². The molecule has 0 fully saturated rings. The smallest absolute Gasteiger partial charge is 0.591 e. The molecule has 0 spiro atoms. The summed E-state index contributed by atoms with van der Waals surface area (Å²) in [5.74, 6) is 0.155. The maximum atomic E-state index is 8.54. The molecule has 1 heterocycles. The topological polar surface area (TPSA) is 33.1 Å². The van der Waals surface area contributed by atoms with E-state index in [1.54, 1.807) is 0 Å². The Morgan fingerprint density at radius 1 is 1.56 bits per heavy atom. The van der Waals surface area contributed by atoms with Gasteiger partial charge in [-0.2, -0.15) is 6.07 Å². The Kier molecular flexibility index (Phi) is 7.33. The molecule has 9 heavy (non-hydrogen) atoms. The van der Waals surface area contributed by atoms with E-state index < -0.39 is 0 Å². The minimum Gasteiger partial charge on any atom is -0.591 e. The van der Waals surface area contributed by atoms with Crippen molar-refractivity contribution in [2.75, 3.05) is 0 Å². The number of rotatable bonds is 0. The van der Waals surface area contributed by atoms with Crippen LogP contribution in [0.15, 0.2) is 18.5 Å². The Hall–Kier alpha value is -0.362. The predicted octanol–water partition coefficient (Wildman–Crippen LogP) is 1.04. The summed E-state index contributed by atoms with van der Waals surface area (Å²) in [4.78, 5) is 3.58. The third kappa shape index (κ3) is 4.16. The van der Waals surface area contributed by atoms with Crippen LogP contribution in [0.25, 0.3) is 0 Å². The number of hydrogen-bond acceptors (Lipinski definition) is 2. The fourth-order valence-electron chi connectivity index (χ4n) is 0.317. The first-order chi connectivity index (χ1) is 3.39. The Morgan fingerprint density at radius 2 is 2.22 bits per heavy atom. The van der Waals surface area contributed by atoms with Gasteiger partial charge in [0.25, 0.3) is 0 Å². The van der Waals surface area contributed by atoms with Crippen LogP contribution in [0.1, 0.15) is 0 Å². The van der Waals surface area contributed by atoms with Crippen LogP contribution in [0.2, 0.25) is 0 Å². The number of aromatic hydroxyl groups is 1. The van der Waals surface area contributed by atoms with Crippen LogP contribution in [0, 0.1) is 13.5 Å². The van der Waals surface area contributed by atoms with Gasteiger partial charge in [0.15, 0.2) is 0 Å². The molecule has 0 aromatic carbocycles. The number of nitrogens with zero attached hydrogens (tertiary/aromatic N) is 1. The summed E-state index contributed by atoms with van der Waals surface area (Å²) in [6, 6.07) is 4.05. The average molecular weight is 293 g/mol. The zero-order chi connectivity index (χ0) is 5.11. The van der Waals surface area contributed by atoms with E-state index >= 15 is 0 Å². The number of pyridine rings is 1. The third-order valence-electron chi connectivity index (χ3n) is 0.587. The molecule has 0 aliphatic heterocycles. The van der Waals surface area contributed by atoms with Gasteiger partial charge in [0, 0.05) is 0 Å². The first-order valence-electron chi connectivity index (χ1n) is 1.89. The quantitative estimate of drug-likeness (QED) is 0.725. The second-order valence-corrected chi connectivity index (χ2v) is 1.14. The summed E-state index contributed by atoms with van der Waals surface area (Å²) >= 11 is 0. The van der Waals surface area contributed by atoms with Crippen LogP contribution >= 0.6 is 0 Å². The normalized spacial score (nSPS) is 6.67. The van der Waals surface area contributed by atoms with Crippen molar-refractivity contribution in [3.8, 4) is 5.75 Å². The Morgan fingerprint density at radius 3 is 2.44 bits per heavy atom. The summed E-state index contributed by atoms with van der Waals surface area (Å²) < 4.78 is 0. The molecule has 0 bridgehead atoms. The zero-order valence-corrected chi connectivity index (χ0v) is 7.97. The number of aromatic nitrogens is 1. The monoisotopic (exact) mass is 293 g/mol. The summed E-state index contributed by atoms with van der Waals surface area (Å²) in [5.41, 5.74) is 0. The second-order valence-electron chi connectivity index (χ2n) is 1.14. The van der Waals surface area contributed by atoms with Gasteiger partial charge < -0.3 is 17.5 Å². The van der Waals surface area contributed by atoms with E-state index in [0.29, 0.717) is 0 Å². The van der Waals surface area contributed by atoms with Gasteiger partial charge in [-0.3, -0.25) is 0 Å². The average Bonchev–Trinajstić information content (AvgIpc) is 1.69. The minimum absolute atomic E-state index is 0. The molecular weight excluding hydrogens is 286 g/mol. The SMILES string of the molecule is Oc1c[c-]cnc1.[CH3-].[W+2]. The molecule has 0 aliphatic rings. The summed E-state index contributed by atoms with van der Waals surface area (Å²) in [6.45, 7) is 0. The molecule has 0 amide bonds. The van der Waals surface area contributed by atoms with E-state index in [4.69, 9.17) is 5.11 Å². The van der Waals surface area contributed by atoms with E-state index in [1.807, 2.05) is 0 Å². The molecule has 0 aliphatic carbocycles. The molecule has 0 unspecified atom stereocenters. The second kappa shape index (κ2) is 5.77. The molecule has 2 nitrogen and oxygen atoms in total. The van der Waals surface area contributed by atoms with Gasteiger partial charge in [-0.25, -0.2) is 6.07 Å². The van der Waals surface area contributed by atoms with Gasteiger partial charge >= 0.3 is 21.1 Å². The molecule has 1 N–H and O–H groups in total. The molecule has 0 radical (unpaired) electrons. The van der Waals surface area contributed by atoms with Crippen molar-refractivity contribution in [3.63, 3.8) is 0 Å². The molecule has 1 rings (SSSR count). The van der Waals surface area contributed by atoms with Gasteiger partial charge in [0.2, 0.25) is 0 Å². The minimum atomic E-state index is 0. The van der Waals surface area contributed by atoms with Crippen LogP contribution in [0.5, 0.6) is 5.75 Å². The maximum Gasteiger partial charge on any atom is 2.00 e. The van der Waals surface area contributed by atoms with Crippen LogP contribution in [-0.2, 0) is 21.1 Å². The van der Waals surface area contributed by atoms with Crippen LogP contribution < -0.4 is 0 Å². The molecule has 0 saturated carbocycles. The largest absolute Gasteiger partial charge is 2.00 e. The Labute approximate surface area is 69.2 Å². The van der Waals surface area contributed by atoms with E-state index in [2.05, 4.69) is 11.1 Å². The van der Waals surface area contributed by atoms with Crippen molar-refractivity contribution < 1.29 is 26.2 Å². The van der Waals surface area contributed by atoms with E-state index in [-0.39, 0.29) is 34.2 Å². The van der Waals surface area contributed by atoms with Gasteiger partial charge in [-0.1, -0.05) is 6.20 Å². The maximum absolute atomic E-state index is 8.54. The van der Waals surface area contributed by atoms with Gasteiger partial charge in [-0.15, -0.1) is 0 Å². The Bertz CT molecular complexity index is 143. The molecule has 0 saturated heterocycles. The van der Waals surface area contributed by atoms with Gasteiger partial charge in [0.1, 0.15) is 0 Å². The van der Waals surface area contributed by atoms with Gasteiger partial charge in [-0.05, 0) is 11.9 Å². The third-order valence-corrected chi connectivity index (χ3v) is 0.587. The standard InChI is InChI=1S/C5H4NO.CH3.W/c7-5-2-1-3-6-4-5;;/h2-4,7H;1H3;/q2*-1;+2.